The Morgan fingerprint density at radius 2 is 1.88 bits per heavy atom. The van der Waals surface area contributed by atoms with E-state index < -0.39 is 0 Å². The maximum Gasteiger partial charge on any atom is 0.161 e. The molecule has 4 heteroatoms. The maximum absolute atomic E-state index is 5.50. The first kappa shape index (κ1) is 12.4. The van der Waals surface area contributed by atoms with Crippen molar-refractivity contribution in [1.82, 2.24) is 5.43 Å². The fourth-order valence-corrected chi connectivity index (χ4v) is 1.29. The molecule has 1 aromatic rings. The average molecular weight is 222 g/mol. The molecule has 0 aliphatic carbocycles. The minimum atomic E-state index is 0.618. The monoisotopic (exact) mass is 222 g/mol. The van der Waals surface area contributed by atoms with Gasteiger partial charge in [0, 0.05) is 7.05 Å². The van der Waals surface area contributed by atoms with E-state index in [0.29, 0.717) is 13.2 Å². The molecule has 0 saturated heterocycles. The molecule has 0 amide bonds. The van der Waals surface area contributed by atoms with Crippen LogP contribution in [0.25, 0.3) is 0 Å². The summed E-state index contributed by atoms with van der Waals surface area (Å²) in [6.45, 7) is 5.15. The van der Waals surface area contributed by atoms with Gasteiger partial charge in [0.25, 0.3) is 0 Å². The van der Waals surface area contributed by atoms with E-state index in [2.05, 4.69) is 10.5 Å². The lowest BCUT2D eigenvalue weighted by Gasteiger charge is -2.10. The Hall–Kier alpha value is -1.71. The van der Waals surface area contributed by atoms with Gasteiger partial charge in [-0.15, -0.1) is 0 Å². The van der Waals surface area contributed by atoms with Gasteiger partial charge in [-0.3, -0.25) is 0 Å². The van der Waals surface area contributed by atoms with Crippen LogP contribution in [0.1, 0.15) is 19.4 Å². The Morgan fingerprint density at radius 3 is 2.50 bits per heavy atom. The number of hydrogen-bond acceptors (Lipinski definition) is 4. The lowest BCUT2D eigenvalue weighted by atomic mass is 10.2. The van der Waals surface area contributed by atoms with Gasteiger partial charge in [0.05, 0.1) is 19.4 Å². The molecule has 0 aromatic heterocycles. The number of nitrogens with zero attached hydrogens (tertiary/aromatic N) is 1. The van der Waals surface area contributed by atoms with Gasteiger partial charge >= 0.3 is 0 Å². The van der Waals surface area contributed by atoms with E-state index in [-0.39, 0.29) is 0 Å². The Labute approximate surface area is 96.3 Å². The number of ether oxygens (including phenoxy) is 2. The van der Waals surface area contributed by atoms with Crippen LogP contribution in [-0.2, 0) is 0 Å². The molecular formula is C12H18N2O2. The van der Waals surface area contributed by atoms with Crippen molar-refractivity contribution >= 4 is 6.21 Å². The largest absolute Gasteiger partial charge is 0.490 e. The number of rotatable bonds is 6. The van der Waals surface area contributed by atoms with Crippen molar-refractivity contribution in [2.24, 2.45) is 5.10 Å². The highest BCUT2D eigenvalue weighted by Gasteiger charge is 2.04. The second kappa shape index (κ2) is 6.71. The van der Waals surface area contributed by atoms with Crippen LogP contribution >= 0.6 is 0 Å². The first-order valence-corrected chi connectivity index (χ1v) is 5.41. The van der Waals surface area contributed by atoms with Crippen molar-refractivity contribution in [3.05, 3.63) is 23.8 Å². The smallest absolute Gasteiger partial charge is 0.161 e. The molecule has 16 heavy (non-hydrogen) atoms. The predicted octanol–water partition coefficient (Wildman–Crippen LogP) is 2.04. The molecule has 0 atom stereocenters. The van der Waals surface area contributed by atoms with Gasteiger partial charge in [-0.25, -0.2) is 0 Å². The highest BCUT2D eigenvalue weighted by atomic mass is 16.5. The minimum absolute atomic E-state index is 0.618. The van der Waals surface area contributed by atoms with Crippen LogP contribution in [-0.4, -0.2) is 26.5 Å². The van der Waals surface area contributed by atoms with Crippen molar-refractivity contribution in [2.45, 2.75) is 13.8 Å². The molecule has 0 saturated carbocycles. The Bertz CT molecular complexity index is 351. The van der Waals surface area contributed by atoms with Crippen molar-refractivity contribution in [1.29, 1.82) is 0 Å². The number of hydrazone groups is 1. The van der Waals surface area contributed by atoms with Gasteiger partial charge < -0.3 is 14.9 Å². The molecule has 88 valence electrons. The first-order valence-electron chi connectivity index (χ1n) is 5.41. The summed E-state index contributed by atoms with van der Waals surface area (Å²) in [4.78, 5) is 0. The van der Waals surface area contributed by atoms with Crippen LogP contribution < -0.4 is 14.9 Å². The first-order chi connectivity index (χ1) is 7.81. The highest BCUT2D eigenvalue weighted by Crippen LogP contribution is 2.27. The second-order valence-corrected chi connectivity index (χ2v) is 3.05. The molecule has 0 heterocycles. The molecule has 4 nitrogen and oxygen atoms in total. The van der Waals surface area contributed by atoms with Crippen LogP contribution in [0.4, 0.5) is 0 Å². The molecule has 0 aliphatic rings. The number of hydrogen-bond donors (Lipinski definition) is 1. The van der Waals surface area contributed by atoms with Crippen LogP contribution in [0.5, 0.6) is 11.5 Å². The number of benzene rings is 1. The third-order valence-corrected chi connectivity index (χ3v) is 1.91. The van der Waals surface area contributed by atoms with E-state index in [4.69, 9.17) is 9.47 Å². The summed E-state index contributed by atoms with van der Waals surface area (Å²) in [5.41, 5.74) is 3.68. The van der Waals surface area contributed by atoms with Crippen LogP contribution in [0, 0.1) is 0 Å². The Morgan fingerprint density at radius 1 is 1.19 bits per heavy atom. The third-order valence-electron chi connectivity index (χ3n) is 1.91. The SMILES string of the molecule is CCOc1ccc(/C=N/NC)cc1OCC. The van der Waals surface area contributed by atoms with Gasteiger partial charge in [0.1, 0.15) is 0 Å². The van der Waals surface area contributed by atoms with Gasteiger partial charge in [-0.1, -0.05) is 0 Å². The zero-order chi connectivity index (χ0) is 11.8. The average Bonchev–Trinajstić information content (AvgIpc) is 2.30. The molecule has 0 fully saturated rings. The fraction of sp³-hybridized carbons (Fsp3) is 0.417. The second-order valence-electron chi connectivity index (χ2n) is 3.05. The van der Waals surface area contributed by atoms with Crippen LogP contribution in [0.15, 0.2) is 23.3 Å². The lowest BCUT2D eigenvalue weighted by Crippen LogP contribution is -2.00. The van der Waals surface area contributed by atoms with Gasteiger partial charge in [-0.2, -0.15) is 5.10 Å². The summed E-state index contributed by atoms with van der Waals surface area (Å²) in [6.07, 6.45) is 1.73. The Kier molecular flexibility index (Phi) is 5.19. The maximum atomic E-state index is 5.50. The molecule has 0 radical (unpaired) electrons. The minimum Gasteiger partial charge on any atom is -0.490 e. The molecule has 1 N–H and O–H groups in total. The predicted molar refractivity (Wildman–Crippen MR) is 65.4 cm³/mol. The van der Waals surface area contributed by atoms with Crippen molar-refractivity contribution in [2.75, 3.05) is 20.3 Å². The van der Waals surface area contributed by atoms with Crippen molar-refractivity contribution < 1.29 is 9.47 Å². The normalized spacial score (nSPS) is 10.4. The molecular weight excluding hydrogens is 204 g/mol. The standard InChI is InChI=1S/C12H18N2O2/c1-4-15-11-7-6-10(9-14-13-3)8-12(11)16-5-2/h6-9,13H,4-5H2,1-3H3/b14-9+. The van der Waals surface area contributed by atoms with Gasteiger partial charge in [0.2, 0.25) is 0 Å². The quantitative estimate of drug-likeness (QED) is 0.591. The summed E-state index contributed by atoms with van der Waals surface area (Å²) in [5.74, 6) is 1.52. The summed E-state index contributed by atoms with van der Waals surface area (Å²) in [6, 6.07) is 5.75. The third kappa shape index (κ3) is 3.46. The zero-order valence-corrected chi connectivity index (χ0v) is 9.99. The summed E-state index contributed by atoms with van der Waals surface area (Å²) in [7, 11) is 1.76. The van der Waals surface area contributed by atoms with Crippen LogP contribution in [0.3, 0.4) is 0 Å². The summed E-state index contributed by atoms with van der Waals surface area (Å²) >= 11 is 0. The lowest BCUT2D eigenvalue weighted by molar-refractivity contribution is 0.288. The molecule has 0 unspecified atom stereocenters. The topological polar surface area (TPSA) is 42.8 Å². The fourth-order valence-electron chi connectivity index (χ4n) is 1.29. The van der Waals surface area contributed by atoms with E-state index in [1.807, 2.05) is 32.0 Å². The van der Waals surface area contributed by atoms with Crippen LogP contribution in [0.2, 0.25) is 0 Å². The van der Waals surface area contributed by atoms with Crippen molar-refractivity contribution in [3.8, 4) is 11.5 Å². The molecule has 0 aliphatic heterocycles. The highest BCUT2D eigenvalue weighted by molar-refractivity contribution is 5.80. The van der Waals surface area contributed by atoms with Gasteiger partial charge in [0.15, 0.2) is 11.5 Å². The van der Waals surface area contributed by atoms with Gasteiger partial charge in [-0.05, 0) is 37.6 Å². The Balaban J connectivity index is 2.92. The number of nitrogens with one attached hydrogen (secondary N) is 1. The van der Waals surface area contributed by atoms with E-state index >= 15 is 0 Å². The summed E-state index contributed by atoms with van der Waals surface area (Å²) in [5, 5.41) is 3.95. The molecule has 0 spiro atoms. The summed E-state index contributed by atoms with van der Waals surface area (Å²) < 4.78 is 11.0. The molecule has 1 aromatic carbocycles. The van der Waals surface area contributed by atoms with E-state index in [1.54, 1.807) is 13.3 Å². The van der Waals surface area contributed by atoms with E-state index in [9.17, 15) is 0 Å². The zero-order valence-electron chi connectivity index (χ0n) is 9.99. The molecule has 1 rings (SSSR count). The van der Waals surface area contributed by atoms with Crippen molar-refractivity contribution in [3.63, 3.8) is 0 Å². The van der Waals surface area contributed by atoms with E-state index in [1.165, 1.54) is 0 Å². The molecule has 0 bridgehead atoms. The van der Waals surface area contributed by atoms with E-state index in [0.717, 1.165) is 17.1 Å².